The smallest absolute Gasteiger partial charge is 0.0598 e. The lowest BCUT2D eigenvalue weighted by Gasteiger charge is -2.06. The van der Waals surface area contributed by atoms with Gasteiger partial charge in [0.25, 0.3) is 0 Å². The largest absolute Gasteiger partial charge is 0.316 e. The maximum absolute atomic E-state index is 6.02. The van der Waals surface area contributed by atoms with Gasteiger partial charge in [-0.05, 0) is 41.9 Å². The molecule has 0 atom stereocenters. The van der Waals surface area contributed by atoms with Gasteiger partial charge in [-0.2, -0.15) is 0 Å². The average molecular weight is 266 g/mol. The maximum atomic E-state index is 6.02. The van der Waals surface area contributed by atoms with Crippen LogP contribution in [0, 0.1) is 0 Å². The number of hydrogen-bond acceptors (Lipinski definition) is 1. The lowest BCUT2D eigenvalue weighted by atomic mass is 10.0. The number of halogens is 2. The Hall–Kier alpha value is -1.02. The van der Waals surface area contributed by atoms with Crippen molar-refractivity contribution in [3.63, 3.8) is 0 Å². The summed E-state index contributed by atoms with van der Waals surface area (Å²) in [6.07, 6.45) is 0. The number of hydrogen-bond donors (Lipinski definition) is 1. The van der Waals surface area contributed by atoms with Crippen molar-refractivity contribution in [3.8, 4) is 11.1 Å². The highest BCUT2D eigenvalue weighted by Gasteiger charge is 2.02. The molecule has 0 bridgehead atoms. The molecule has 0 amide bonds. The normalized spacial score (nSPS) is 10.5. The lowest BCUT2D eigenvalue weighted by molar-refractivity contribution is 0.818. The highest BCUT2D eigenvalue weighted by molar-refractivity contribution is 6.42. The van der Waals surface area contributed by atoms with Gasteiger partial charge < -0.3 is 5.32 Å². The van der Waals surface area contributed by atoms with Crippen LogP contribution in [0.25, 0.3) is 11.1 Å². The number of benzene rings is 2. The fraction of sp³-hybridized carbons (Fsp3) is 0.143. The fourth-order valence-corrected chi connectivity index (χ4v) is 2.04. The zero-order chi connectivity index (χ0) is 12.3. The van der Waals surface area contributed by atoms with Crippen LogP contribution in [0.15, 0.2) is 42.5 Å². The SMILES string of the molecule is CNCc1cccc(-c2ccc(Cl)c(Cl)c2)c1. The Labute approximate surface area is 111 Å². The van der Waals surface area contributed by atoms with Crippen LogP contribution in [0.4, 0.5) is 0 Å². The van der Waals surface area contributed by atoms with E-state index in [0.717, 1.165) is 17.7 Å². The second-order valence-electron chi connectivity index (χ2n) is 3.86. The van der Waals surface area contributed by atoms with Gasteiger partial charge in [-0.15, -0.1) is 0 Å². The zero-order valence-corrected chi connectivity index (χ0v) is 11.0. The molecule has 0 aromatic heterocycles. The second-order valence-corrected chi connectivity index (χ2v) is 4.67. The summed E-state index contributed by atoms with van der Waals surface area (Å²) in [4.78, 5) is 0. The van der Waals surface area contributed by atoms with Gasteiger partial charge in [0.05, 0.1) is 10.0 Å². The monoisotopic (exact) mass is 265 g/mol. The van der Waals surface area contributed by atoms with E-state index in [1.807, 2.05) is 31.3 Å². The van der Waals surface area contributed by atoms with E-state index in [4.69, 9.17) is 23.2 Å². The summed E-state index contributed by atoms with van der Waals surface area (Å²) in [6.45, 7) is 0.856. The van der Waals surface area contributed by atoms with Crippen molar-refractivity contribution in [2.75, 3.05) is 7.05 Å². The van der Waals surface area contributed by atoms with Crippen molar-refractivity contribution in [2.45, 2.75) is 6.54 Å². The third-order valence-corrected chi connectivity index (χ3v) is 3.30. The van der Waals surface area contributed by atoms with Crippen molar-refractivity contribution in [1.82, 2.24) is 5.32 Å². The first-order valence-electron chi connectivity index (χ1n) is 5.39. The van der Waals surface area contributed by atoms with Crippen molar-refractivity contribution in [1.29, 1.82) is 0 Å². The first-order valence-corrected chi connectivity index (χ1v) is 6.15. The summed E-state index contributed by atoms with van der Waals surface area (Å²) in [6, 6.07) is 14.1. The van der Waals surface area contributed by atoms with E-state index in [1.54, 1.807) is 0 Å². The van der Waals surface area contributed by atoms with Crippen molar-refractivity contribution in [2.24, 2.45) is 0 Å². The van der Waals surface area contributed by atoms with Crippen LogP contribution in [-0.2, 0) is 6.54 Å². The van der Waals surface area contributed by atoms with E-state index >= 15 is 0 Å². The molecule has 0 unspecified atom stereocenters. The highest BCUT2D eigenvalue weighted by Crippen LogP contribution is 2.28. The van der Waals surface area contributed by atoms with Crippen LogP contribution in [0.2, 0.25) is 10.0 Å². The Morgan fingerprint density at radius 3 is 2.41 bits per heavy atom. The minimum Gasteiger partial charge on any atom is -0.316 e. The molecule has 3 heteroatoms. The Morgan fingerprint density at radius 1 is 0.941 bits per heavy atom. The van der Waals surface area contributed by atoms with Gasteiger partial charge in [0.1, 0.15) is 0 Å². The summed E-state index contributed by atoms with van der Waals surface area (Å²) in [5, 5.41) is 4.31. The van der Waals surface area contributed by atoms with Crippen LogP contribution >= 0.6 is 23.2 Å². The van der Waals surface area contributed by atoms with E-state index in [0.29, 0.717) is 10.0 Å². The first kappa shape index (κ1) is 12.4. The Balaban J connectivity index is 2.38. The minimum atomic E-state index is 0.585. The molecule has 88 valence electrons. The van der Waals surface area contributed by atoms with Gasteiger partial charge in [-0.1, -0.05) is 47.5 Å². The molecular formula is C14H13Cl2N. The summed E-state index contributed by atoms with van der Waals surface area (Å²) >= 11 is 11.9. The average Bonchev–Trinajstić information content (AvgIpc) is 2.33. The van der Waals surface area contributed by atoms with Gasteiger partial charge in [-0.3, -0.25) is 0 Å². The summed E-state index contributed by atoms with van der Waals surface area (Å²) in [5.41, 5.74) is 3.48. The van der Waals surface area contributed by atoms with Crippen molar-refractivity contribution < 1.29 is 0 Å². The quantitative estimate of drug-likeness (QED) is 0.869. The molecule has 1 nitrogen and oxygen atoms in total. The highest BCUT2D eigenvalue weighted by atomic mass is 35.5. The summed E-state index contributed by atoms with van der Waals surface area (Å²) in [5.74, 6) is 0. The van der Waals surface area contributed by atoms with Crippen molar-refractivity contribution >= 4 is 23.2 Å². The molecule has 0 saturated heterocycles. The number of nitrogens with one attached hydrogen (secondary N) is 1. The molecule has 0 fully saturated rings. The van der Waals surface area contributed by atoms with Gasteiger partial charge in [0.15, 0.2) is 0 Å². The molecule has 0 saturated carbocycles. The molecule has 0 spiro atoms. The molecule has 0 heterocycles. The zero-order valence-electron chi connectivity index (χ0n) is 9.50. The van der Waals surface area contributed by atoms with E-state index < -0.39 is 0 Å². The van der Waals surface area contributed by atoms with Gasteiger partial charge >= 0.3 is 0 Å². The number of rotatable bonds is 3. The molecule has 1 N–H and O–H groups in total. The summed E-state index contributed by atoms with van der Waals surface area (Å²) in [7, 11) is 1.94. The molecule has 2 aromatic rings. The molecule has 0 radical (unpaired) electrons. The van der Waals surface area contributed by atoms with Crippen LogP contribution in [0.5, 0.6) is 0 Å². The molecule has 17 heavy (non-hydrogen) atoms. The second kappa shape index (κ2) is 5.54. The van der Waals surface area contributed by atoms with Crippen LogP contribution in [0.3, 0.4) is 0 Å². The fourth-order valence-electron chi connectivity index (χ4n) is 1.74. The Morgan fingerprint density at radius 2 is 1.71 bits per heavy atom. The minimum absolute atomic E-state index is 0.585. The predicted octanol–water partition coefficient (Wildman–Crippen LogP) is 4.38. The first-order chi connectivity index (χ1) is 8.20. The van der Waals surface area contributed by atoms with Crippen LogP contribution < -0.4 is 5.32 Å². The van der Waals surface area contributed by atoms with Gasteiger partial charge in [0, 0.05) is 6.54 Å². The van der Waals surface area contributed by atoms with Crippen LogP contribution in [0.1, 0.15) is 5.56 Å². The predicted molar refractivity (Wildman–Crippen MR) is 74.7 cm³/mol. The van der Waals surface area contributed by atoms with E-state index in [1.165, 1.54) is 5.56 Å². The molecule has 0 aliphatic heterocycles. The molecule has 2 aromatic carbocycles. The molecule has 0 aliphatic rings. The lowest BCUT2D eigenvalue weighted by Crippen LogP contribution is -2.04. The van der Waals surface area contributed by atoms with Crippen molar-refractivity contribution in [3.05, 3.63) is 58.1 Å². The van der Waals surface area contributed by atoms with E-state index in [9.17, 15) is 0 Å². The third kappa shape index (κ3) is 3.01. The third-order valence-electron chi connectivity index (χ3n) is 2.56. The van der Waals surface area contributed by atoms with E-state index in [2.05, 4.69) is 23.5 Å². The van der Waals surface area contributed by atoms with Crippen LogP contribution in [-0.4, -0.2) is 7.05 Å². The summed E-state index contributed by atoms with van der Waals surface area (Å²) < 4.78 is 0. The van der Waals surface area contributed by atoms with Gasteiger partial charge in [0.2, 0.25) is 0 Å². The topological polar surface area (TPSA) is 12.0 Å². The molecular weight excluding hydrogens is 253 g/mol. The van der Waals surface area contributed by atoms with E-state index in [-0.39, 0.29) is 0 Å². The van der Waals surface area contributed by atoms with Gasteiger partial charge in [-0.25, -0.2) is 0 Å². The molecule has 2 rings (SSSR count). The Kier molecular flexibility index (Phi) is 4.06. The molecule has 0 aliphatic carbocycles. The standard InChI is InChI=1S/C14H13Cl2N/c1-17-9-10-3-2-4-11(7-10)12-5-6-13(15)14(16)8-12/h2-8,17H,9H2,1H3. The Bertz CT molecular complexity index is 523. The maximum Gasteiger partial charge on any atom is 0.0598 e.